The minimum absolute atomic E-state index is 0.0370. The standard InChI is InChI=1S/C27H31FN4O/c28-25-11-21(32-13-19-4-5-20(14-32)30-19)7-15-1-3-18(10-23(15)25)31-27(33)17-9-24-22-8-16(22)2-6-26(24)29-12-17/h7,9,11-12,16,18-20,22,30H,1-6,8,10,13-14H2,(H,31,33)/t16-,18-,19?,20?,22+/m0/s1. The minimum atomic E-state index is -0.123. The predicted octanol–water partition coefficient (Wildman–Crippen LogP) is 3.50. The van der Waals surface area contributed by atoms with Gasteiger partial charge in [-0.2, -0.15) is 0 Å². The molecule has 6 heteroatoms. The Morgan fingerprint density at radius 3 is 2.79 bits per heavy atom. The van der Waals surface area contributed by atoms with Crippen molar-refractivity contribution in [3.05, 3.63) is 58.2 Å². The van der Waals surface area contributed by atoms with Crippen molar-refractivity contribution in [2.45, 2.75) is 75.4 Å². The fraction of sp³-hybridized carbons (Fsp3) is 0.556. The second-order valence-electron chi connectivity index (χ2n) is 10.9. The molecule has 1 aromatic heterocycles. The number of amides is 1. The highest BCUT2D eigenvalue weighted by molar-refractivity contribution is 5.94. The van der Waals surface area contributed by atoms with E-state index in [0.717, 1.165) is 55.1 Å². The number of pyridine rings is 1. The molecule has 3 fully saturated rings. The molecule has 2 saturated heterocycles. The molecule has 2 aromatic rings. The number of carbonyl (C=O) groups excluding carboxylic acids is 1. The van der Waals surface area contributed by atoms with Crippen molar-refractivity contribution in [2.24, 2.45) is 5.92 Å². The maximum Gasteiger partial charge on any atom is 0.253 e. The van der Waals surface area contributed by atoms with Crippen LogP contribution in [-0.2, 0) is 19.3 Å². The third kappa shape index (κ3) is 3.54. The van der Waals surface area contributed by atoms with Gasteiger partial charge in [0, 0.05) is 48.8 Å². The van der Waals surface area contributed by atoms with Crippen LogP contribution in [0.4, 0.5) is 10.1 Å². The van der Waals surface area contributed by atoms with Crippen LogP contribution in [0.3, 0.4) is 0 Å². The van der Waals surface area contributed by atoms with E-state index in [2.05, 4.69) is 32.7 Å². The van der Waals surface area contributed by atoms with Crippen LogP contribution in [0.5, 0.6) is 0 Å². The molecule has 0 radical (unpaired) electrons. The zero-order valence-electron chi connectivity index (χ0n) is 18.9. The number of aryl methyl sites for hydroxylation is 2. The molecule has 1 saturated carbocycles. The molecule has 5 aliphatic rings. The Kier molecular flexibility index (Phi) is 4.55. The molecule has 5 nitrogen and oxygen atoms in total. The Morgan fingerprint density at radius 2 is 1.94 bits per heavy atom. The monoisotopic (exact) mass is 446 g/mol. The Hall–Kier alpha value is -2.47. The zero-order valence-corrected chi connectivity index (χ0v) is 18.9. The molecule has 2 unspecified atom stereocenters. The Morgan fingerprint density at radius 1 is 1.09 bits per heavy atom. The van der Waals surface area contributed by atoms with Gasteiger partial charge in [-0.15, -0.1) is 0 Å². The summed E-state index contributed by atoms with van der Waals surface area (Å²) in [5.74, 6) is 1.22. The van der Waals surface area contributed by atoms with Crippen molar-refractivity contribution in [3.8, 4) is 0 Å². The molecule has 172 valence electrons. The molecule has 2 N–H and O–H groups in total. The Balaban J connectivity index is 1.06. The van der Waals surface area contributed by atoms with Crippen LogP contribution in [-0.4, -0.2) is 42.1 Å². The fourth-order valence-electron chi connectivity index (χ4n) is 6.82. The molecule has 3 heterocycles. The molecular weight excluding hydrogens is 415 g/mol. The van der Waals surface area contributed by atoms with Gasteiger partial charge in [0.05, 0.1) is 5.56 Å². The summed E-state index contributed by atoms with van der Waals surface area (Å²) in [5, 5.41) is 6.82. The summed E-state index contributed by atoms with van der Waals surface area (Å²) in [5.41, 5.74) is 6.01. The van der Waals surface area contributed by atoms with Gasteiger partial charge in [0.25, 0.3) is 5.91 Å². The number of fused-ring (bicyclic) bond motifs is 6. The third-order valence-corrected chi connectivity index (χ3v) is 8.74. The maximum atomic E-state index is 15.2. The number of hydrogen-bond donors (Lipinski definition) is 2. The van der Waals surface area contributed by atoms with Crippen molar-refractivity contribution < 1.29 is 9.18 Å². The van der Waals surface area contributed by atoms with Gasteiger partial charge in [-0.05, 0) is 98.1 Å². The van der Waals surface area contributed by atoms with E-state index in [1.807, 2.05) is 0 Å². The fourth-order valence-corrected chi connectivity index (χ4v) is 6.82. The summed E-state index contributed by atoms with van der Waals surface area (Å²) in [6, 6.07) is 7.00. The lowest BCUT2D eigenvalue weighted by molar-refractivity contribution is 0.0933. The van der Waals surface area contributed by atoms with Crippen molar-refractivity contribution in [1.29, 1.82) is 0 Å². The predicted molar refractivity (Wildman–Crippen MR) is 125 cm³/mol. The average Bonchev–Trinajstić information content (AvgIpc) is 3.56. The van der Waals surface area contributed by atoms with Crippen LogP contribution >= 0.6 is 0 Å². The Bertz CT molecular complexity index is 1120. The minimum Gasteiger partial charge on any atom is -0.368 e. The molecule has 1 aromatic carbocycles. The molecule has 0 spiro atoms. The van der Waals surface area contributed by atoms with E-state index in [1.54, 1.807) is 12.3 Å². The van der Waals surface area contributed by atoms with E-state index in [1.165, 1.54) is 36.9 Å². The van der Waals surface area contributed by atoms with Gasteiger partial charge < -0.3 is 15.5 Å². The summed E-state index contributed by atoms with van der Waals surface area (Å²) in [4.78, 5) is 19.9. The van der Waals surface area contributed by atoms with Gasteiger partial charge in [-0.1, -0.05) is 0 Å². The van der Waals surface area contributed by atoms with Crippen LogP contribution in [0.1, 0.15) is 70.8 Å². The largest absolute Gasteiger partial charge is 0.368 e. The van der Waals surface area contributed by atoms with Gasteiger partial charge in [0.2, 0.25) is 0 Å². The first kappa shape index (κ1) is 20.0. The van der Waals surface area contributed by atoms with E-state index < -0.39 is 0 Å². The molecule has 2 bridgehead atoms. The van der Waals surface area contributed by atoms with Crippen molar-refractivity contribution in [1.82, 2.24) is 15.6 Å². The number of piperazine rings is 1. The molecule has 3 aliphatic carbocycles. The third-order valence-electron chi connectivity index (χ3n) is 8.74. The summed E-state index contributed by atoms with van der Waals surface area (Å²) >= 11 is 0. The van der Waals surface area contributed by atoms with Crippen LogP contribution in [0.2, 0.25) is 0 Å². The van der Waals surface area contributed by atoms with E-state index in [4.69, 9.17) is 0 Å². The molecular formula is C27H31FN4O. The lowest BCUT2D eigenvalue weighted by Crippen LogP contribution is -2.51. The average molecular weight is 447 g/mol. The first-order valence-electron chi connectivity index (χ1n) is 12.7. The van der Waals surface area contributed by atoms with E-state index in [0.29, 0.717) is 30.0 Å². The number of nitrogens with zero attached hydrogens (tertiary/aromatic N) is 2. The number of hydrogen-bond acceptors (Lipinski definition) is 4. The SMILES string of the molecule is O=C(N[C@H]1CCc2cc(N3CC4CCC(C3)N4)cc(F)c2C1)c1cnc2c(c1)[C@@H]1C[C@@H]1CC2. The topological polar surface area (TPSA) is 57.3 Å². The summed E-state index contributed by atoms with van der Waals surface area (Å²) in [6.07, 6.45) is 9.89. The number of benzene rings is 1. The highest BCUT2D eigenvalue weighted by Gasteiger charge is 2.43. The lowest BCUT2D eigenvalue weighted by atomic mass is 9.87. The van der Waals surface area contributed by atoms with Crippen molar-refractivity contribution >= 4 is 11.6 Å². The molecule has 5 atom stereocenters. The quantitative estimate of drug-likeness (QED) is 0.758. The normalized spacial score (nSPS) is 31.4. The van der Waals surface area contributed by atoms with Crippen LogP contribution in [0.15, 0.2) is 24.4 Å². The van der Waals surface area contributed by atoms with Gasteiger partial charge in [-0.3, -0.25) is 9.78 Å². The second kappa shape index (κ2) is 7.52. The number of carbonyl (C=O) groups is 1. The summed E-state index contributed by atoms with van der Waals surface area (Å²) < 4.78 is 15.2. The highest BCUT2D eigenvalue weighted by atomic mass is 19.1. The summed E-state index contributed by atoms with van der Waals surface area (Å²) in [7, 11) is 0. The van der Waals surface area contributed by atoms with Crippen LogP contribution in [0, 0.1) is 11.7 Å². The Labute approximate surface area is 194 Å². The van der Waals surface area contributed by atoms with E-state index in [-0.39, 0.29) is 17.8 Å². The van der Waals surface area contributed by atoms with Crippen LogP contribution in [0.25, 0.3) is 0 Å². The van der Waals surface area contributed by atoms with E-state index in [9.17, 15) is 4.79 Å². The van der Waals surface area contributed by atoms with Gasteiger partial charge in [0.1, 0.15) is 5.82 Å². The smallest absolute Gasteiger partial charge is 0.253 e. The van der Waals surface area contributed by atoms with Crippen molar-refractivity contribution in [2.75, 3.05) is 18.0 Å². The summed E-state index contributed by atoms with van der Waals surface area (Å²) in [6.45, 7) is 1.92. The maximum absolute atomic E-state index is 15.2. The number of aromatic nitrogens is 1. The van der Waals surface area contributed by atoms with Gasteiger partial charge >= 0.3 is 0 Å². The number of anilines is 1. The number of rotatable bonds is 3. The lowest BCUT2D eigenvalue weighted by Gasteiger charge is -2.35. The molecule has 33 heavy (non-hydrogen) atoms. The zero-order chi connectivity index (χ0) is 22.1. The molecule has 2 aliphatic heterocycles. The first-order chi connectivity index (χ1) is 16.1. The second-order valence-corrected chi connectivity index (χ2v) is 10.9. The number of halogens is 1. The molecule has 7 rings (SSSR count). The van der Waals surface area contributed by atoms with E-state index >= 15 is 4.39 Å². The van der Waals surface area contributed by atoms with Crippen LogP contribution < -0.4 is 15.5 Å². The molecule has 1 amide bonds. The number of nitrogens with one attached hydrogen (secondary N) is 2. The first-order valence-corrected chi connectivity index (χ1v) is 12.7. The van der Waals surface area contributed by atoms with Crippen molar-refractivity contribution in [3.63, 3.8) is 0 Å². The van der Waals surface area contributed by atoms with Gasteiger partial charge in [0.15, 0.2) is 0 Å². The van der Waals surface area contributed by atoms with Gasteiger partial charge in [-0.25, -0.2) is 4.39 Å². The highest BCUT2D eigenvalue weighted by Crippen LogP contribution is 2.54.